The lowest BCUT2D eigenvalue weighted by atomic mass is 9.97. The van der Waals surface area contributed by atoms with Gasteiger partial charge in [-0.15, -0.1) is 0 Å². The molecule has 2 fully saturated rings. The highest BCUT2D eigenvalue weighted by Crippen LogP contribution is 2.41. The first-order valence-corrected chi connectivity index (χ1v) is 19.6. The summed E-state index contributed by atoms with van der Waals surface area (Å²) in [5, 5.41) is 12.5. The van der Waals surface area contributed by atoms with Crippen LogP contribution < -0.4 is 10.2 Å². The van der Waals surface area contributed by atoms with Crippen LogP contribution >= 0.6 is 11.6 Å². The van der Waals surface area contributed by atoms with Crippen LogP contribution in [-0.4, -0.2) is 74.0 Å². The zero-order chi connectivity index (χ0) is 31.4. The van der Waals surface area contributed by atoms with E-state index in [1.54, 1.807) is 7.05 Å². The third kappa shape index (κ3) is 6.43. The molecule has 0 unspecified atom stereocenters. The van der Waals surface area contributed by atoms with E-state index in [-0.39, 0.29) is 24.2 Å². The number of aromatic nitrogens is 6. The lowest BCUT2D eigenvalue weighted by molar-refractivity contribution is 0.0492. The van der Waals surface area contributed by atoms with Gasteiger partial charge in [-0.2, -0.15) is 15.0 Å². The van der Waals surface area contributed by atoms with Crippen LogP contribution in [0, 0.1) is 0 Å². The molecular formula is C31H43ClN8O3Si. The maximum atomic E-state index is 12.5. The SMILES string of the molecule is Cn1nc2ccc(-c3cn(COCC[Si](C)(C)C)c4nc(N5[C@@H]6CC[C@H]5C[C@@H](NC(=O)OC(C)(C)C)C6)cnc34)c(Cl)c2n1. The summed E-state index contributed by atoms with van der Waals surface area (Å²) in [5.74, 6) is 0.851. The van der Waals surface area contributed by atoms with Crippen molar-refractivity contribution in [2.24, 2.45) is 7.05 Å². The number of hydrogen-bond acceptors (Lipinski definition) is 8. The second-order valence-electron chi connectivity index (χ2n) is 14.4. The number of nitrogens with one attached hydrogen (secondary N) is 1. The van der Waals surface area contributed by atoms with E-state index in [2.05, 4.69) is 40.1 Å². The molecule has 0 spiro atoms. The highest BCUT2D eigenvalue weighted by Gasteiger charge is 2.42. The van der Waals surface area contributed by atoms with Gasteiger partial charge >= 0.3 is 6.09 Å². The number of hydrogen-bond donors (Lipinski definition) is 1. The van der Waals surface area contributed by atoms with Crippen molar-refractivity contribution < 1.29 is 14.3 Å². The van der Waals surface area contributed by atoms with Crippen molar-refractivity contribution in [2.75, 3.05) is 11.5 Å². The van der Waals surface area contributed by atoms with Gasteiger partial charge in [0.1, 0.15) is 34.7 Å². The van der Waals surface area contributed by atoms with Crippen LogP contribution in [0.4, 0.5) is 10.6 Å². The molecule has 0 aliphatic carbocycles. The predicted molar refractivity (Wildman–Crippen MR) is 176 cm³/mol. The predicted octanol–water partition coefficient (Wildman–Crippen LogP) is 6.37. The molecule has 1 N–H and O–H groups in total. The van der Waals surface area contributed by atoms with E-state index >= 15 is 0 Å². The first-order chi connectivity index (χ1) is 20.8. The van der Waals surface area contributed by atoms with Gasteiger partial charge in [0.2, 0.25) is 0 Å². The molecule has 6 rings (SSSR count). The van der Waals surface area contributed by atoms with Gasteiger partial charge in [-0.05, 0) is 58.6 Å². The summed E-state index contributed by atoms with van der Waals surface area (Å²) >= 11 is 6.91. The fourth-order valence-corrected chi connectivity index (χ4v) is 7.46. The number of piperidine rings is 1. The van der Waals surface area contributed by atoms with Gasteiger partial charge in [0.15, 0.2) is 5.65 Å². The number of nitrogens with zero attached hydrogens (tertiary/aromatic N) is 7. The molecule has 11 nitrogen and oxygen atoms in total. The van der Waals surface area contributed by atoms with E-state index in [1.807, 2.05) is 49.9 Å². The molecule has 1 aromatic carbocycles. The Bertz CT molecular complexity index is 1680. The number of alkyl carbamates (subject to hydrolysis) is 1. The Morgan fingerprint density at radius 3 is 2.50 bits per heavy atom. The van der Waals surface area contributed by atoms with Crippen molar-refractivity contribution in [1.82, 2.24) is 34.8 Å². The number of rotatable bonds is 8. The molecule has 2 bridgehead atoms. The molecule has 13 heteroatoms. The third-order valence-corrected chi connectivity index (χ3v) is 10.5. The zero-order valence-corrected chi connectivity index (χ0v) is 28.5. The number of benzene rings is 1. The summed E-state index contributed by atoms with van der Waals surface area (Å²) in [6.07, 6.45) is 7.36. The molecule has 0 radical (unpaired) electrons. The summed E-state index contributed by atoms with van der Waals surface area (Å²) in [6.45, 7) is 13.8. The van der Waals surface area contributed by atoms with Gasteiger partial charge in [-0.25, -0.2) is 14.8 Å². The second kappa shape index (κ2) is 11.6. The first-order valence-electron chi connectivity index (χ1n) is 15.5. The van der Waals surface area contributed by atoms with Crippen LogP contribution in [0.5, 0.6) is 0 Å². The maximum Gasteiger partial charge on any atom is 0.407 e. The number of amides is 1. The zero-order valence-electron chi connectivity index (χ0n) is 26.7. The molecule has 0 saturated carbocycles. The van der Waals surface area contributed by atoms with E-state index in [1.165, 1.54) is 4.80 Å². The van der Waals surface area contributed by atoms with Crippen LogP contribution in [0.1, 0.15) is 46.5 Å². The molecule has 3 aromatic heterocycles. The van der Waals surface area contributed by atoms with E-state index < -0.39 is 13.7 Å². The Morgan fingerprint density at radius 2 is 1.82 bits per heavy atom. The van der Waals surface area contributed by atoms with Crippen LogP contribution in [0.25, 0.3) is 33.3 Å². The average molecular weight is 639 g/mol. The molecule has 3 atom stereocenters. The van der Waals surface area contributed by atoms with Crippen LogP contribution in [0.3, 0.4) is 0 Å². The minimum absolute atomic E-state index is 0.0728. The molecule has 236 valence electrons. The molecule has 2 aliphatic rings. The first kappa shape index (κ1) is 30.8. The Hall–Kier alpha value is -3.22. The minimum Gasteiger partial charge on any atom is -0.444 e. The Labute approximate surface area is 264 Å². The van der Waals surface area contributed by atoms with Crippen molar-refractivity contribution in [1.29, 1.82) is 0 Å². The lowest BCUT2D eigenvalue weighted by Crippen LogP contribution is -2.51. The van der Waals surface area contributed by atoms with E-state index in [0.717, 1.165) is 65.4 Å². The number of aryl methyl sites for hydroxylation is 1. The molecule has 4 aromatic rings. The fourth-order valence-electron chi connectivity index (χ4n) is 6.40. The number of fused-ring (bicyclic) bond motifs is 4. The monoisotopic (exact) mass is 638 g/mol. The number of anilines is 1. The number of halogens is 1. The summed E-state index contributed by atoms with van der Waals surface area (Å²) in [5.41, 5.74) is 4.12. The van der Waals surface area contributed by atoms with Gasteiger partial charge in [0.05, 0.1) is 11.2 Å². The molecule has 2 saturated heterocycles. The smallest absolute Gasteiger partial charge is 0.407 e. The summed E-state index contributed by atoms with van der Waals surface area (Å²) in [7, 11) is 0.556. The standard InChI is InChI=1S/C31H43ClN8O3Si/c1-31(2,3)43-30(41)34-19-14-20-8-9-21(15-19)40(20)25-16-33-27-23(22-10-11-24-28(26(22)32)37-38(4)36-24)17-39(29(27)35-25)18-42-12-13-44(5,6)7/h10-11,16-17,19-21H,8-9,12-15,18H2,1-7H3,(H,34,41)/t19-,20+,21-. The molecule has 44 heavy (non-hydrogen) atoms. The molecule has 2 aliphatic heterocycles. The fraction of sp³-hybridized carbons (Fsp3) is 0.581. The summed E-state index contributed by atoms with van der Waals surface area (Å²) in [4.78, 5) is 26.6. The number of ether oxygens (including phenoxy) is 2. The van der Waals surface area contributed by atoms with Gasteiger partial charge in [0.25, 0.3) is 0 Å². The highest BCUT2D eigenvalue weighted by atomic mass is 35.5. The minimum atomic E-state index is -1.23. The van der Waals surface area contributed by atoms with Gasteiger partial charge in [-0.3, -0.25) is 0 Å². The van der Waals surface area contributed by atoms with Crippen molar-refractivity contribution in [3.8, 4) is 11.1 Å². The Balaban J connectivity index is 1.30. The van der Waals surface area contributed by atoms with Gasteiger partial charge in [-0.1, -0.05) is 37.3 Å². The van der Waals surface area contributed by atoms with Crippen LogP contribution in [-0.2, 0) is 23.3 Å². The normalized spacial score (nSPS) is 20.5. The van der Waals surface area contributed by atoms with Crippen LogP contribution in [0.15, 0.2) is 24.5 Å². The van der Waals surface area contributed by atoms with E-state index in [4.69, 9.17) is 31.0 Å². The second-order valence-corrected chi connectivity index (χ2v) is 20.4. The largest absolute Gasteiger partial charge is 0.444 e. The van der Waals surface area contributed by atoms with Crippen molar-refractivity contribution in [2.45, 2.75) is 103 Å². The number of carbonyl (C=O) groups is 1. The molecule has 1 amide bonds. The Kier molecular flexibility index (Phi) is 8.12. The summed E-state index contributed by atoms with van der Waals surface area (Å²) < 4.78 is 13.7. The van der Waals surface area contributed by atoms with Gasteiger partial charge < -0.3 is 24.3 Å². The lowest BCUT2D eigenvalue weighted by Gasteiger charge is -2.39. The van der Waals surface area contributed by atoms with Crippen molar-refractivity contribution in [3.63, 3.8) is 0 Å². The summed E-state index contributed by atoms with van der Waals surface area (Å²) in [6, 6.07) is 5.61. The molecule has 5 heterocycles. The van der Waals surface area contributed by atoms with E-state index in [0.29, 0.717) is 23.9 Å². The quantitative estimate of drug-likeness (QED) is 0.175. The molecular weight excluding hydrogens is 596 g/mol. The third-order valence-electron chi connectivity index (χ3n) is 8.38. The van der Waals surface area contributed by atoms with Crippen molar-refractivity contribution >= 4 is 53.8 Å². The average Bonchev–Trinajstić information content (AvgIpc) is 3.56. The van der Waals surface area contributed by atoms with Crippen LogP contribution in [0.2, 0.25) is 30.7 Å². The maximum absolute atomic E-state index is 12.5. The topological polar surface area (TPSA) is 112 Å². The Morgan fingerprint density at radius 1 is 1.09 bits per heavy atom. The van der Waals surface area contributed by atoms with Crippen molar-refractivity contribution in [3.05, 3.63) is 29.5 Å². The van der Waals surface area contributed by atoms with Gasteiger partial charge in [0, 0.05) is 57.2 Å². The van der Waals surface area contributed by atoms with E-state index in [9.17, 15) is 4.79 Å². The highest BCUT2D eigenvalue weighted by molar-refractivity contribution is 6.76. The number of carbonyl (C=O) groups excluding carboxylic acids is 1.